The maximum absolute atomic E-state index is 11.4. The number of benzene rings is 1. The molecule has 0 saturated heterocycles. The monoisotopic (exact) mass is 260 g/mol. The quantitative estimate of drug-likeness (QED) is 0.734. The summed E-state index contributed by atoms with van der Waals surface area (Å²) in [4.78, 5) is 33.9. The zero-order valence-electron chi connectivity index (χ0n) is 9.95. The number of carboxylic acid groups (broad SMARTS) is 1. The van der Waals surface area contributed by atoms with Crippen LogP contribution in [0.25, 0.3) is 0 Å². The van der Waals surface area contributed by atoms with Gasteiger partial charge in [0.2, 0.25) is 0 Å². The normalized spacial score (nSPS) is 15.9. The molecule has 1 atom stereocenters. The van der Waals surface area contributed by atoms with Crippen LogP contribution in [0.1, 0.15) is 5.56 Å². The summed E-state index contributed by atoms with van der Waals surface area (Å²) < 4.78 is 0. The molecule has 6 heteroatoms. The molecule has 0 aliphatic carbocycles. The van der Waals surface area contributed by atoms with Crippen LogP contribution in [0.4, 0.5) is 0 Å². The van der Waals surface area contributed by atoms with Crippen molar-refractivity contribution in [1.29, 1.82) is 0 Å². The molecule has 1 aliphatic rings. The largest absolute Gasteiger partial charge is 0.480 e. The van der Waals surface area contributed by atoms with Crippen molar-refractivity contribution in [2.45, 2.75) is 12.5 Å². The van der Waals surface area contributed by atoms with Crippen LogP contribution in [0.2, 0.25) is 0 Å². The van der Waals surface area contributed by atoms with Crippen LogP contribution in [0.5, 0.6) is 0 Å². The van der Waals surface area contributed by atoms with Gasteiger partial charge in [-0.2, -0.15) is 0 Å². The SMILES string of the molecule is O=C(O)[C@H](Cc1ccccc1)NN1C(=O)C=CC1=O. The van der Waals surface area contributed by atoms with E-state index >= 15 is 0 Å². The predicted octanol–water partition coefficient (Wildman–Crippen LogP) is 0.112. The number of hydrogen-bond acceptors (Lipinski definition) is 4. The van der Waals surface area contributed by atoms with Gasteiger partial charge >= 0.3 is 5.97 Å². The number of rotatable bonds is 5. The highest BCUT2D eigenvalue weighted by Crippen LogP contribution is 2.06. The van der Waals surface area contributed by atoms with Crippen LogP contribution >= 0.6 is 0 Å². The van der Waals surface area contributed by atoms with Crippen molar-refractivity contribution in [1.82, 2.24) is 10.4 Å². The first-order valence-electron chi connectivity index (χ1n) is 5.67. The van der Waals surface area contributed by atoms with E-state index in [1.54, 1.807) is 24.3 Å². The highest BCUT2D eigenvalue weighted by Gasteiger charge is 2.29. The van der Waals surface area contributed by atoms with Crippen molar-refractivity contribution in [3.8, 4) is 0 Å². The maximum Gasteiger partial charge on any atom is 0.322 e. The Balaban J connectivity index is 2.07. The Bertz CT molecular complexity index is 521. The molecule has 2 amide bonds. The number of nitrogens with one attached hydrogen (secondary N) is 1. The van der Waals surface area contributed by atoms with Crippen molar-refractivity contribution >= 4 is 17.8 Å². The van der Waals surface area contributed by atoms with Gasteiger partial charge in [-0.1, -0.05) is 30.3 Å². The lowest BCUT2D eigenvalue weighted by molar-refractivity contribution is -0.146. The summed E-state index contributed by atoms with van der Waals surface area (Å²) in [6, 6.07) is 7.93. The smallest absolute Gasteiger partial charge is 0.322 e. The summed E-state index contributed by atoms with van der Waals surface area (Å²) in [5, 5.41) is 9.85. The molecule has 0 saturated carbocycles. The Labute approximate surface area is 109 Å². The summed E-state index contributed by atoms with van der Waals surface area (Å²) in [6.07, 6.45) is 2.36. The molecule has 2 rings (SSSR count). The zero-order chi connectivity index (χ0) is 13.8. The number of carbonyl (C=O) groups excluding carboxylic acids is 2. The molecule has 1 aromatic carbocycles. The molecule has 0 spiro atoms. The molecule has 19 heavy (non-hydrogen) atoms. The second-order valence-corrected chi connectivity index (χ2v) is 4.05. The van der Waals surface area contributed by atoms with Gasteiger partial charge in [-0.3, -0.25) is 14.4 Å². The summed E-state index contributed by atoms with van der Waals surface area (Å²) >= 11 is 0. The molecule has 98 valence electrons. The van der Waals surface area contributed by atoms with Gasteiger partial charge in [0.25, 0.3) is 11.8 Å². The summed E-state index contributed by atoms with van der Waals surface area (Å²) in [7, 11) is 0. The Morgan fingerprint density at radius 2 is 1.74 bits per heavy atom. The molecular weight excluding hydrogens is 248 g/mol. The van der Waals surface area contributed by atoms with E-state index in [0.717, 1.165) is 17.7 Å². The Kier molecular flexibility index (Phi) is 3.72. The molecule has 1 aliphatic heterocycles. The van der Waals surface area contributed by atoms with Crippen LogP contribution in [-0.4, -0.2) is 33.9 Å². The predicted molar refractivity (Wildman–Crippen MR) is 65.7 cm³/mol. The minimum absolute atomic E-state index is 0.174. The van der Waals surface area contributed by atoms with Crippen molar-refractivity contribution < 1.29 is 19.5 Å². The molecule has 0 aromatic heterocycles. The molecule has 6 nitrogen and oxygen atoms in total. The van der Waals surface area contributed by atoms with E-state index in [2.05, 4.69) is 5.43 Å². The Morgan fingerprint density at radius 1 is 1.16 bits per heavy atom. The van der Waals surface area contributed by atoms with Gasteiger partial charge in [-0.25, -0.2) is 10.4 Å². The van der Waals surface area contributed by atoms with Crippen LogP contribution in [0.3, 0.4) is 0 Å². The highest BCUT2D eigenvalue weighted by molar-refractivity contribution is 6.12. The topological polar surface area (TPSA) is 86.7 Å². The van der Waals surface area contributed by atoms with Crippen molar-refractivity contribution in [2.24, 2.45) is 0 Å². The second-order valence-electron chi connectivity index (χ2n) is 4.05. The molecule has 0 unspecified atom stereocenters. The molecular formula is C13H12N2O4. The fourth-order valence-electron chi connectivity index (χ4n) is 1.72. The van der Waals surface area contributed by atoms with Gasteiger partial charge < -0.3 is 5.11 Å². The lowest BCUT2D eigenvalue weighted by Crippen LogP contribution is -2.52. The van der Waals surface area contributed by atoms with Gasteiger partial charge in [0.15, 0.2) is 0 Å². The molecule has 1 heterocycles. The van der Waals surface area contributed by atoms with E-state index in [4.69, 9.17) is 5.11 Å². The van der Waals surface area contributed by atoms with Gasteiger partial charge in [-0.05, 0) is 5.56 Å². The minimum atomic E-state index is -1.13. The lowest BCUT2D eigenvalue weighted by Gasteiger charge is -2.21. The van der Waals surface area contributed by atoms with E-state index in [-0.39, 0.29) is 6.42 Å². The van der Waals surface area contributed by atoms with Crippen LogP contribution in [-0.2, 0) is 20.8 Å². The first-order chi connectivity index (χ1) is 9.08. The minimum Gasteiger partial charge on any atom is -0.480 e. The van der Waals surface area contributed by atoms with E-state index in [1.165, 1.54) is 0 Å². The van der Waals surface area contributed by atoms with E-state index < -0.39 is 23.8 Å². The number of carboxylic acids is 1. The van der Waals surface area contributed by atoms with E-state index in [9.17, 15) is 14.4 Å². The number of nitrogens with zero attached hydrogens (tertiary/aromatic N) is 1. The number of imide groups is 1. The third-order valence-corrected chi connectivity index (χ3v) is 2.67. The summed E-state index contributed by atoms with van der Waals surface area (Å²) in [5.74, 6) is -2.26. The number of aliphatic carboxylic acids is 1. The number of amides is 2. The molecule has 0 radical (unpaired) electrons. The molecule has 0 bridgehead atoms. The van der Waals surface area contributed by atoms with E-state index in [0.29, 0.717) is 5.01 Å². The van der Waals surface area contributed by atoms with Crippen LogP contribution in [0.15, 0.2) is 42.5 Å². The zero-order valence-corrected chi connectivity index (χ0v) is 9.95. The van der Waals surface area contributed by atoms with Gasteiger partial charge in [0.05, 0.1) is 0 Å². The van der Waals surface area contributed by atoms with Crippen molar-refractivity contribution in [3.05, 3.63) is 48.0 Å². The summed E-state index contributed by atoms with van der Waals surface area (Å²) in [6.45, 7) is 0. The molecule has 0 fully saturated rings. The number of carbonyl (C=O) groups is 3. The van der Waals surface area contributed by atoms with Gasteiger partial charge in [0.1, 0.15) is 6.04 Å². The average molecular weight is 260 g/mol. The lowest BCUT2D eigenvalue weighted by atomic mass is 10.1. The highest BCUT2D eigenvalue weighted by atomic mass is 16.4. The van der Waals surface area contributed by atoms with Gasteiger partial charge in [0, 0.05) is 18.6 Å². The summed E-state index contributed by atoms with van der Waals surface area (Å²) in [5.41, 5.74) is 3.24. The molecule has 1 aromatic rings. The second kappa shape index (κ2) is 5.45. The van der Waals surface area contributed by atoms with Crippen LogP contribution in [0, 0.1) is 0 Å². The van der Waals surface area contributed by atoms with Crippen LogP contribution < -0.4 is 5.43 Å². The first-order valence-corrected chi connectivity index (χ1v) is 5.67. The fourth-order valence-corrected chi connectivity index (χ4v) is 1.72. The van der Waals surface area contributed by atoms with Crippen molar-refractivity contribution in [2.75, 3.05) is 0 Å². The van der Waals surface area contributed by atoms with Gasteiger partial charge in [-0.15, -0.1) is 0 Å². The third kappa shape index (κ3) is 3.05. The average Bonchev–Trinajstić information content (AvgIpc) is 2.70. The fraction of sp³-hybridized carbons (Fsp3) is 0.154. The Hall–Kier alpha value is -2.47. The number of hydrogen-bond donors (Lipinski definition) is 2. The van der Waals surface area contributed by atoms with Crippen molar-refractivity contribution in [3.63, 3.8) is 0 Å². The maximum atomic E-state index is 11.4. The third-order valence-electron chi connectivity index (χ3n) is 2.67. The first kappa shape index (κ1) is 13.0. The van der Waals surface area contributed by atoms with E-state index in [1.807, 2.05) is 6.07 Å². The molecule has 2 N–H and O–H groups in total. The Morgan fingerprint density at radius 3 is 2.26 bits per heavy atom. The number of hydrazine groups is 1. The standard InChI is InChI=1S/C13H12N2O4/c16-11-6-7-12(17)15(11)14-10(13(18)19)8-9-4-2-1-3-5-9/h1-7,10,14H,8H2,(H,18,19)/t10-/m0/s1.